The predicted molar refractivity (Wildman–Crippen MR) is 104 cm³/mol. The van der Waals surface area contributed by atoms with Crippen LogP contribution in [0, 0.1) is 0 Å². The van der Waals surface area contributed by atoms with Crippen LogP contribution in [0.15, 0.2) is 29.4 Å². The number of nitrogens with one attached hydrogen (secondary N) is 1. The number of hydrogen-bond acceptors (Lipinski definition) is 5. The number of benzene rings is 1. The summed E-state index contributed by atoms with van der Waals surface area (Å²) in [6.45, 7) is 4.19. The average Bonchev–Trinajstić information content (AvgIpc) is 3.29. The standard InChI is InChI=1S/C19H26N4O2S/c1-13(2)23-18(14-8-10-16(25-3)11-9-14)21-22-19(23)26-12-17(24)20-15-6-4-5-7-15/h8-11,13,15H,4-7,12H2,1-3H3,(H,20,24). The van der Waals surface area contributed by atoms with Gasteiger partial charge in [0.05, 0.1) is 12.9 Å². The van der Waals surface area contributed by atoms with Gasteiger partial charge in [-0.25, -0.2) is 0 Å². The fourth-order valence-corrected chi connectivity index (χ4v) is 4.13. The zero-order valence-electron chi connectivity index (χ0n) is 15.6. The third-order valence-corrected chi connectivity index (χ3v) is 5.52. The van der Waals surface area contributed by atoms with Gasteiger partial charge in [0.2, 0.25) is 5.91 Å². The van der Waals surface area contributed by atoms with Crippen molar-refractivity contribution in [1.82, 2.24) is 20.1 Å². The van der Waals surface area contributed by atoms with Gasteiger partial charge in [-0.15, -0.1) is 10.2 Å². The summed E-state index contributed by atoms with van der Waals surface area (Å²) in [7, 11) is 1.65. The average molecular weight is 375 g/mol. The van der Waals surface area contributed by atoms with Crippen molar-refractivity contribution in [3.63, 3.8) is 0 Å². The molecular weight excluding hydrogens is 348 g/mol. The van der Waals surface area contributed by atoms with Crippen LogP contribution in [-0.2, 0) is 4.79 Å². The Labute approximate surface area is 158 Å². The summed E-state index contributed by atoms with van der Waals surface area (Å²) in [5.74, 6) is 2.05. The lowest BCUT2D eigenvalue weighted by Crippen LogP contribution is -2.33. The van der Waals surface area contributed by atoms with Crippen molar-refractivity contribution in [3.05, 3.63) is 24.3 Å². The van der Waals surface area contributed by atoms with Gasteiger partial charge in [0.15, 0.2) is 11.0 Å². The van der Waals surface area contributed by atoms with Crippen LogP contribution < -0.4 is 10.1 Å². The minimum absolute atomic E-state index is 0.0752. The number of carbonyl (C=O) groups is 1. The highest BCUT2D eigenvalue weighted by Gasteiger charge is 2.20. The first-order valence-electron chi connectivity index (χ1n) is 9.10. The highest BCUT2D eigenvalue weighted by Crippen LogP contribution is 2.28. The number of ether oxygens (including phenoxy) is 1. The monoisotopic (exact) mass is 374 g/mol. The highest BCUT2D eigenvalue weighted by molar-refractivity contribution is 7.99. The summed E-state index contributed by atoms with van der Waals surface area (Å²) >= 11 is 1.44. The first kappa shape index (κ1) is 18.8. The van der Waals surface area contributed by atoms with E-state index in [9.17, 15) is 4.79 Å². The molecule has 0 radical (unpaired) electrons. The van der Waals surface area contributed by atoms with E-state index in [0.717, 1.165) is 35.1 Å². The van der Waals surface area contributed by atoms with Gasteiger partial charge in [-0.3, -0.25) is 9.36 Å². The second-order valence-electron chi connectivity index (χ2n) is 6.84. The lowest BCUT2D eigenvalue weighted by molar-refractivity contribution is -0.119. The third-order valence-electron chi connectivity index (χ3n) is 4.58. The first-order chi connectivity index (χ1) is 12.6. The Hall–Kier alpha value is -2.02. The Bertz CT molecular complexity index is 736. The molecule has 1 aromatic carbocycles. The highest BCUT2D eigenvalue weighted by atomic mass is 32.2. The molecule has 0 bridgehead atoms. The third kappa shape index (κ3) is 4.38. The van der Waals surface area contributed by atoms with Crippen molar-refractivity contribution in [2.45, 2.75) is 56.8 Å². The minimum Gasteiger partial charge on any atom is -0.497 e. The minimum atomic E-state index is 0.0752. The van der Waals surface area contributed by atoms with Gasteiger partial charge in [0.1, 0.15) is 5.75 Å². The van der Waals surface area contributed by atoms with Crippen LogP contribution in [0.1, 0.15) is 45.6 Å². The molecule has 26 heavy (non-hydrogen) atoms. The van der Waals surface area contributed by atoms with Crippen LogP contribution in [0.25, 0.3) is 11.4 Å². The van der Waals surface area contributed by atoms with E-state index in [4.69, 9.17) is 4.74 Å². The fraction of sp³-hybridized carbons (Fsp3) is 0.526. The van der Waals surface area contributed by atoms with Gasteiger partial charge in [-0.2, -0.15) is 0 Å². The quantitative estimate of drug-likeness (QED) is 0.749. The van der Waals surface area contributed by atoms with Gasteiger partial charge in [-0.05, 0) is 51.0 Å². The topological polar surface area (TPSA) is 69.0 Å². The Morgan fingerprint density at radius 1 is 1.27 bits per heavy atom. The van der Waals surface area contributed by atoms with Crippen LogP contribution in [-0.4, -0.2) is 39.6 Å². The maximum Gasteiger partial charge on any atom is 0.230 e. The van der Waals surface area contributed by atoms with Gasteiger partial charge in [-0.1, -0.05) is 24.6 Å². The Kier molecular flexibility index (Phi) is 6.19. The molecule has 1 aliphatic carbocycles. The normalized spacial score (nSPS) is 14.8. The maximum absolute atomic E-state index is 12.2. The van der Waals surface area contributed by atoms with Crippen molar-refractivity contribution in [2.24, 2.45) is 0 Å². The van der Waals surface area contributed by atoms with Crippen LogP contribution in [0.5, 0.6) is 5.75 Å². The smallest absolute Gasteiger partial charge is 0.230 e. The number of carbonyl (C=O) groups excluding carboxylic acids is 1. The first-order valence-corrected chi connectivity index (χ1v) is 10.1. The van der Waals surface area contributed by atoms with E-state index in [0.29, 0.717) is 11.8 Å². The Balaban J connectivity index is 1.71. The van der Waals surface area contributed by atoms with Gasteiger partial charge in [0.25, 0.3) is 0 Å². The van der Waals surface area contributed by atoms with E-state index < -0.39 is 0 Å². The van der Waals surface area contributed by atoms with Crippen LogP contribution in [0.2, 0.25) is 0 Å². The number of nitrogens with zero attached hydrogens (tertiary/aromatic N) is 3. The number of hydrogen-bond donors (Lipinski definition) is 1. The SMILES string of the molecule is COc1ccc(-c2nnc(SCC(=O)NC3CCCC3)n2C(C)C)cc1. The molecule has 1 aromatic heterocycles. The zero-order valence-corrected chi connectivity index (χ0v) is 16.4. The number of methoxy groups -OCH3 is 1. The van der Waals surface area contributed by atoms with Crippen molar-refractivity contribution >= 4 is 17.7 Å². The summed E-state index contributed by atoms with van der Waals surface area (Å²) in [5.41, 5.74) is 0.981. The molecule has 1 amide bonds. The molecule has 7 heteroatoms. The van der Waals surface area contributed by atoms with Crippen LogP contribution in [0.3, 0.4) is 0 Å². The molecule has 0 atom stereocenters. The second kappa shape index (κ2) is 8.58. The van der Waals surface area contributed by atoms with Crippen molar-refractivity contribution in [1.29, 1.82) is 0 Å². The zero-order chi connectivity index (χ0) is 18.5. The summed E-state index contributed by atoms with van der Waals surface area (Å²) in [5, 5.41) is 12.6. The molecule has 2 aromatic rings. The van der Waals surface area contributed by atoms with E-state index >= 15 is 0 Å². The molecule has 1 fully saturated rings. The predicted octanol–water partition coefficient (Wildman–Crippen LogP) is 3.69. The Morgan fingerprint density at radius 3 is 2.58 bits per heavy atom. The molecule has 3 rings (SSSR count). The molecule has 0 saturated heterocycles. The lowest BCUT2D eigenvalue weighted by Gasteiger charge is -2.15. The van der Waals surface area contributed by atoms with Crippen molar-refractivity contribution in [2.75, 3.05) is 12.9 Å². The molecule has 1 aliphatic rings. The van der Waals surface area contributed by atoms with Crippen molar-refractivity contribution in [3.8, 4) is 17.1 Å². The van der Waals surface area contributed by atoms with E-state index in [2.05, 4.69) is 33.9 Å². The second-order valence-corrected chi connectivity index (χ2v) is 7.78. The Morgan fingerprint density at radius 2 is 1.96 bits per heavy atom. The summed E-state index contributed by atoms with van der Waals surface area (Å²) < 4.78 is 7.29. The molecule has 0 spiro atoms. The molecule has 1 N–H and O–H groups in total. The molecule has 140 valence electrons. The summed E-state index contributed by atoms with van der Waals surface area (Å²) in [6, 6.07) is 8.32. The maximum atomic E-state index is 12.2. The molecule has 0 unspecified atom stereocenters. The van der Waals surface area contributed by atoms with Gasteiger partial charge < -0.3 is 10.1 Å². The lowest BCUT2D eigenvalue weighted by atomic mass is 10.2. The van der Waals surface area contributed by atoms with E-state index in [1.54, 1.807) is 7.11 Å². The number of rotatable bonds is 7. The van der Waals surface area contributed by atoms with Crippen molar-refractivity contribution < 1.29 is 9.53 Å². The van der Waals surface area contributed by atoms with E-state index in [1.807, 2.05) is 24.3 Å². The summed E-state index contributed by atoms with van der Waals surface area (Å²) in [6.07, 6.45) is 4.62. The van der Waals surface area contributed by atoms with Gasteiger partial charge in [0, 0.05) is 17.6 Å². The summed E-state index contributed by atoms with van der Waals surface area (Å²) in [4.78, 5) is 12.2. The number of amides is 1. The molecular formula is C19H26N4O2S. The largest absolute Gasteiger partial charge is 0.497 e. The molecule has 6 nitrogen and oxygen atoms in total. The van der Waals surface area contributed by atoms with E-state index in [-0.39, 0.29) is 11.9 Å². The fourth-order valence-electron chi connectivity index (χ4n) is 3.25. The number of thioether (sulfide) groups is 1. The molecule has 1 saturated carbocycles. The molecule has 0 aliphatic heterocycles. The van der Waals surface area contributed by atoms with Gasteiger partial charge >= 0.3 is 0 Å². The molecule has 1 heterocycles. The number of aromatic nitrogens is 3. The van der Waals surface area contributed by atoms with E-state index in [1.165, 1.54) is 24.6 Å². The van der Waals surface area contributed by atoms with Crippen LogP contribution in [0.4, 0.5) is 0 Å². The van der Waals surface area contributed by atoms with Crippen LogP contribution >= 0.6 is 11.8 Å².